The Hall–Kier alpha value is -0.770. The highest BCUT2D eigenvalue weighted by molar-refractivity contribution is 14.0. The summed E-state index contributed by atoms with van der Waals surface area (Å²) in [6.45, 7) is 12.8. The molecule has 7 nitrogen and oxygen atoms in total. The van der Waals surface area contributed by atoms with Gasteiger partial charge in [-0.15, -0.1) is 24.0 Å². The molecule has 8 heteroatoms. The predicted octanol–water partition coefficient (Wildman–Crippen LogP) is 1.86. The van der Waals surface area contributed by atoms with Crippen LogP contribution in [0.25, 0.3) is 0 Å². The van der Waals surface area contributed by atoms with E-state index in [4.69, 9.17) is 10.5 Å². The number of piperidine rings is 1. The number of carbonyl (C=O) groups excluding carboxylic acids is 1. The van der Waals surface area contributed by atoms with Gasteiger partial charge < -0.3 is 20.7 Å². The lowest BCUT2D eigenvalue weighted by Gasteiger charge is -2.32. The van der Waals surface area contributed by atoms with Crippen LogP contribution in [0.1, 0.15) is 40.5 Å². The van der Waals surface area contributed by atoms with Crippen LogP contribution in [-0.4, -0.2) is 73.3 Å². The van der Waals surface area contributed by atoms with E-state index in [9.17, 15) is 4.79 Å². The van der Waals surface area contributed by atoms with Gasteiger partial charge in [-0.2, -0.15) is 0 Å². The van der Waals surface area contributed by atoms with E-state index < -0.39 is 0 Å². The van der Waals surface area contributed by atoms with Gasteiger partial charge in [-0.3, -0.25) is 9.89 Å². The Bertz CT molecular complexity index is 383. The van der Waals surface area contributed by atoms with Crippen LogP contribution in [0.4, 0.5) is 4.79 Å². The summed E-state index contributed by atoms with van der Waals surface area (Å²) in [5.74, 6) is 0.499. The fourth-order valence-electron chi connectivity index (χ4n) is 2.87. The SMILES string of the molecule is CCOC(=O)N1CCC(NC(N)=NCC(C)N(CC)CC)CC1.I. The van der Waals surface area contributed by atoms with E-state index in [2.05, 4.69) is 36.0 Å². The first kappa shape index (κ1) is 23.2. The van der Waals surface area contributed by atoms with Crippen molar-refractivity contribution in [3.05, 3.63) is 0 Å². The summed E-state index contributed by atoms with van der Waals surface area (Å²) in [7, 11) is 0. The molecular formula is C16H34IN5O2. The molecule has 0 spiro atoms. The molecule has 142 valence electrons. The molecular weight excluding hydrogens is 421 g/mol. The predicted molar refractivity (Wildman–Crippen MR) is 109 cm³/mol. The number of nitrogens with two attached hydrogens (primary N) is 1. The van der Waals surface area contributed by atoms with Crippen molar-refractivity contribution in [1.82, 2.24) is 15.1 Å². The number of guanidine groups is 1. The van der Waals surface area contributed by atoms with Crippen molar-refractivity contribution in [2.75, 3.05) is 39.3 Å². The van der Waals surface area contributed by atoms with Crippen LogP contribution >= 0.6 is 24.0 Å². The first-order chi connectivity index (χ1) is 11.0. The normalized spacial score (nSPS) is 17.4. The standard InChI is InChI=1S/C16H33N5O2.HI/c1-5-20(6-2)13(4)12-18-15(17)19-14-8-10-21(11-9-14)16(22)23-7-3;/h13-14H,5-12H2,1-4H3,(H3,17,18,19);1H. The molecule has 0 aliphatic carbocycles. The molecule has 0 radical (unpaired) electrons. The summed E-state index contributed by atoms with van der Waals surface area (Å²) in [5, 5.41) is 3.27. The Morgan fingerprint density at radius 2 is 1.92 bits per heavy atom. The highest BCUT2D eigenvalue weighted by Crippen LogP contribution is 2.11. The number of ether oxygens (including phenoxy) is 1. The number of aliphatic imine (C=N–C) groups is 1. The number of likely N-dealkylation sites (N-methyl/N-ethyl adjacent to an activating group) is 1. The minimum absolute atomic E-state index is 0. The number of likely N-dealkylation sites (tertiary alicyclic amines) is 1. The number of hydrogen-bond donors (Lipinski definition) is 2. The number of nitrogens with one attached hydrogen (secondary N) is 1. The Morgan fingerprint density at radius 3 is 2.42 bits per heavy atom. The number of carbonyl (C=O) groups is 1. The highest BCUT2D eigenvalue weighted by Gasteiger charge is 2.23. The zero-order chi connectivity index (χ0) is 17.2. The van der Waals surface area contributed by atoms with Crippen LogP contribution in [0.2, 0.25) is 0 Å². The van der Waals surface area contributed by atoms with Crippen molar-refractivity contribution >= 4 is 36.0 Å². The van der Waals surface area contributed by atoms with Gasteiger partial charge in [0.1, 0.15) is 0 Å². The van der Waals surface area contributed by atoms with Crippen LogP contribution in [0.3, 0.4) is 0 Å². The highest BCUT2D eigenvalue weighted by atomic mass is 127. The smallest absolute Gasteiger partial charge is 0.409 e. The molecule has 1 amide bonds. The number of rotatable bonds is 7. The second kappa shape index (κ2) is 12.6. The maximum Gasteiger partial charge on any atom is 0.409 e. The molecule has 1 rings (SSSR count). The van der Waals surface area contributed by atoms with Crippen molar-refractivity contribution in [3.8, 4) is 0 Å². The third kappa shape index (κ3) is 7.87. The van der Waals surface area contributed by atoms with E-state index in [1.54, 1.807) is 4.90 Å². The summed E-state index contributed by atoms with van der Waals surface area (Å²) in [4.78, 5) is 20.2. The van der Waals surface area contributed by atoms with Gasteiger partial charge >= 0.3 is 6.09 Å². The van der Waals surface area contributed by atoms with E-state index >= 15 is 0 Å². The third-order valence-corrected chi connectivity index (χ3v) is 4.33. The van der Waals surface area contributed by atoms with Crippen molar-refractivity contribution < 1.29 is 9.53 Å². The van der Waals surface area contributed by atoms with Gasteiger partial charge in [0.05, 0.1) is 13.2 Å². The largest absolute Gasteiger partial charge is 0.450 e. The quantitative estimate of drug-likeness (QED) is 0.348. The molecule has 1 aliphatic heterocycles. The summed E-state index contributed by atoms with van der Waals surface area (Å²) >= 11 is 0. The molecule has 1 aliphatic rings. The Balaban J connectivity index is 0.00000529. The van der Waals surface area contributed by atoms with Gasteiger partial charge in [0.25, 0.3) is 0 Å². The fraction of sp³-hybridized carbons (Fsp3) is 0.875. The maximum atomic E-state index is 11.7. The monoisotopic (exact) mass is 455 g/mol. The molecule has 0 aromatic rings. The second-order valence-electron chi connectivity index (χ2n) is 5.90. The summed E-state index contributed by atoms with van der Waals surface area (Å²) in [5.41, 5.74) is 5.99. The maximum absolute atomic E-state index is 11.7. The number of nitrogens with zero attached hydrogens (tertiary/aromatic N) is 3. The lowest BCUT2D eigenvalue weighted by molar-refractivity contribution is 0.0963. The lowest BCUT2D eigenvalue weighted by Crippen LogP contribution is -2.48. The average molecular weight is 455 g/mol. The molecule has 0 aromatic heterocycles. The first-order valence-electron chi connectivity index (χ1n) is 8.73. The van der Waals surface area contributed by atoms with Crippen LogP contribution in [-0.2, 0) is 4.74 Å². The zero-order valence-electron chi connectivity index (χ0n) is 15.5. The third-order valence-electron chi connectivity index (χ3n) is 4.33. The van der Waals surface area contributed by atoms with E-state index in [1.165, 1.54) is 0 Å². The molecule has 0 aromatic carbocycles. The van der Waals surface area contributed by atoms with Crippen LogP contribution < -0.4 is 11.1 Å². The molecule has 1 heterocycles. The van der Waals surface area contributed by atoms with Crippen molar-refractivity contribution in [2.24, 2.45) is 10.7 Å². The molecule has 1 fully saturated rings. The minimum Gasteiger partial charge on any atom is -0.450 e. The van der Waals surface area contributed by atoms with Gasteiger partial charge in [-0.05, 0) is 39.8 Å². The Kier molecular flexibility index (Phi) is 12.2. The van der Waals surface area contributed by atoms with Crippen molar-refractivity contribution in [3.63, 3.8) is 0 Å². The van der Waals surface area contributed by atoms with Crippen LogP contribution in [0.5, 0.6) is 0 Å². The molecule has 1 atom stereocenters. The summed E-state index contributed by atoms with van der Waals surface area (Å²) in [6.07, 6.45) is 1.50. The van der Waals surface area contributed by atoms with Gasteiger partial charge in [-0.1, -0.05) is 13.8 Å². The van der Waals surface area contributed by atoms with E-state index in [0.29, 0.717) is 38.2 Å². The fourth-order valence-corrected chi connectivity index (χ4v) is 2.87. The molecule has 24 heavy (non-hydrogen) atoms. The molecule has 0 saturated carbocycles. The molecule has 3 N–H and O–H groups in total. The topological polar surface area (TPSA) is 83.2 Å². The summed E-state index contributed by atoms with van der Waals surface area (Å²) < 4.78 is 5.02. The van der Waals surface area contributed by atoms with Crippen molar-refractivity contribution in [2.45, 2.75) is 52.6 Å². The average Bonchev–Trinajstić information content (AvgIpc) is 2.55. The van der Waals surface area contributed by atoms with Crippen LogP contribution in [0, 0.1) is 0 Å². The van der Waals surface area contributed by atoms with E-state index in [1.807, 2.05) is 6.92 Å². The van der Waals surface area contributed by atoms with E-state index in [0.717, 1.165) is 25.9 Å². The lowest BCUT2D eigenvalue weighted by atomic mass is 10.1. The molecule has 1 unspecified atom stereocenters. The Labute approximate surface area is 163 Å². The second-order valence-corrected chi connectivity index (χ2v) is 5.90. The van der Waals surface area contributed by atoms with Gasteiger partial charge in [-0.25, -0.2) is 4.79 Å². The molecule has 0 bridgehead atoms. The first-order valence-corrected chi connectivity index (χ1v) is 8.73. The number of amides is 1. The zero-order valence-corrected chi connectivity index (χ0v) is 17.8. The van der Waals surface area contributed by atoms with E-state index in [-0.39, 0.29) is 36.1 Å². The number of halogens is 1. The van der Waals surface area contributed by atoms with Gasteiger partial charge in [0.15, 0.2) is 5.96 Å². The minimum atomic E-state index is -0.222. The molecule has 1 saturated heterocycles. The summed E-state index contributed by atoms with van der Waals surface area (Å²) in [6, 6.07) is 0.657. The van der Waals surface area contributed by atoms with Gasteiger partial charge in [0.2, 0.25) is 0 Å². The van der Waals surface area contributed by atoms with Crippen molar-refractivity contribution in [1.29, 1.82) is 0 Å². The Morgan fingerprint density at radius 1 is 1.33 bits per heavy atom. The van der Waals surface area contributed by atoms with Gasteiger partial charge in [0, 0.05) is 25.2 Å². The van der Waals surface area contributed by atoms with Crippen LogP contribution in [0.15, 0.2) is 4.99 Å². The number of hydrogen-bond acceptors (Lipinski definition) is 4.